The van der Waals surface area contributed by atoms with Crippen LogP contribution in [0.15, 0.2) is 35.1 Å². The lowest BCUT2D eigenvalue weighted by Crippen LogP contribution is -2.40. The van der Waals surface area contributed by atoms with E-state index in [0.29, 0.717) is 24.7 Å². The van der Waals surface area contributed by atoms with Crippen LogP contribution in [0.4, 0.5) is 0 Å². The Hall–Kier alpha value is -2.43. The number of fused-ring (bicyclic) bond motifs is 1. The van der Waals surface area contributed by atoms with Crippen LogP contribution in [0.2, 0.25) is 0 Å². The zero-order valence-electron chi connectivity index (χ0n) is 15.2. The number of nitrogens with one attached hydrogen (secondary N) is 1. The van der Waals surface area contributed by atoms with Crippen molar-refractivity contribution in [3.63, 3.8) is 0 Å². The molecular weight excluding hydrogens is 326 g/mol. The van der Waals surface area contributed by atoms with E-state index in [1.165, 1.54) is 11.1 Å². The van der Waals surface area contributed by atoms with Crippen LogP contribution in [0.3, 0.4) is 0 Å². The van der Waals surface area contributed by atoms with E-state index in [4.69, 9.17) is 0 Å². The summed E-state index contributed by atoms with van der Waals surface area (Å²) in [4.78, 5) is 33.8. The number of amides is 1. The number of aromatic amines is 1. The van der Waals surface area contributed by atoms with Gasteiger partial charge in [-0.1, -0.05) is 24.3 Å². The first-order chi connectivity index (χ1) is 12.6. The highest BCUT2D eigenvalue weighted by atomic mass is 16.2. The van der Waals surface area contributed by atoms with Crippen LogP contribution >= 0.6 is 0 Å². The van der Waals surface area contributed by atoms with Gasteiger partial charge in [-0.15, -0.1) is 0 Å². The number of rotatable bonds is 3. The van der Waals surface area contributed by atoms with Crippen molar-refractivity contribution in [2.45, 2.75) is 50.9 Å². The van der Waals surface area contributed by atoms with Crippen LogP contribution < -0.4 is 5.56 Å². The summed E-state index contributed by atoms with van der Waals surface area (Å²) < 4.78 is 0. The molecule has 2 aromatic rings. The first-order valence-electron chi connectivity index (χ1n) is 9.53. The second kappa shape index (κ2) is 7.06. The van der Waals surface area contributed by atoms with Gasteiger partial charge < -0.3 is 9.88 Å². The molecule has 1 fully saturated rings. The van der Waals surface area contributed by atoms with E-state index >= 15 is 0 Å². The number of hydrogen-bond donors (Lipinski definition) is 1. The van der Waals surface area contributed by atoms with Gasteiger partial charge in [0.1, 0.15) is 5.82 Å². The monoisotopic (exact) mass is 351 g/mol. The second-order valence-electron chi connectivity index (χ2n) is 7.57. The first kappa shape index (κ1) is 17.0. The van der Waals surface area contributed by atoms with Gasteiger partial charge in [-0.05, 0) is 49.7 Å². The van der Waals surface area contributed by atoms with Crippen LogP contribution in [0.25, 0.3) is 0 Å². The molecule has 1 aliphatic heterocycles. The minimum atomic E-state index is -0.112. The Kier molecular flexibility index (Phi) is 4.62. The van der Waals surface area contributed by atoms with E-state index in [1.807, 2.05) is 4.90 Å². The maximum atomic E-state index is 12.9. The highest BCUT2D eigenvalue weighted by Gasteiger charge is 2.30. The zero-order chi connectivity index (χ0) is 18.1. The van der Waals surface area contributed by atoms with Gasteiger partial charge in [0.15, 0.2) is 0 Å². The predicted octanol–water partition coefficient (Wildman–Crippen LogP) is 2.90. The second-order valence-corrected chi connectivity index (χ2v) is 7.57. The number of H-pyrrole nitrogens is 1. The molecule has 0 radical (unpaired) electrons. The van der Waals surface area contributed by atoms with E-state index in [-0.39, 0.29) is 17.4 Å². The van der Waals surface area contributed by atoms with Crippen molar-refractivity contribution in [1.82, 2.24) is 14.9 Å². The lowest BCUT2D eigenvalue weighted by Gasteiger charge is -2.33. The Morgan fingerprint density at radius 1 is 1.31 bits per heavy atom. The molecule has 1 aromatic heterocycles. The molecule has 0 bridgehead atoms. The fraction of sp³-hybridized carbons (Fsp3) is 0.476. The largest absolute Gasteiger partial charge is 0.342 e. The highest BCUT2D eigenvalue weighted by Crippen LogP contribution is 2.36. The number of piperidine rings is 1. The summed E-state index contributed by atoms with van der Waals surface area (Å²) in [6, 6.07) is 10.1. The molecule has 2 heterocycles. The van der Waals surface area contributed by atoms with Gasteiger partial charge in [0.25, 0.3) is 5.56 Å². The normalized spacial score (nSPS) is 22.3. The lowest BCUT2D eigenvalue weighted by atomic mass is 9.92. The van der Waals surface area contributed by atoms with E-state index in [1.54, 1.807) is 13.0 Å². The quantitative estimate of drug-likeness (QED) is 0.925. The third kappa shape index (κ3) is 3.43. The van der Waals surface area contributed by atoms with E-state index in [9.17, 15) is 9.59 Å². The van der Waals surface area contributed by atoms with Gasteiger partial charge in [0.05, 0.1) is 5.69 Å². The van der Waals surface area contributed by atoms with Crippen molar-refractivity contribution in [3.8, 4) is 0 Å². The SMILES string of the molecule is Cc1nc([C@@H]2CCCN(C(=O)C[C@@H]3CCc4ccccc43)C2)cc(=O)[nH]1. The summed E-state index contributed by atoms with van der Waals surface area (Å²) in [5, 5.41) is 0. The number of carbonyl (C=O) groups is 1. The predicted molar refractivity (Wildman–Crippen MR) is 100 cm³/mol. The Labute approximate surface area is 153 Å². The van der Waals surface area contributed by atoms with Crippen molar-refractivity contribution in [1.29, 1.82) is 0 Å². The summed E-state index contributed by atoms with van der Waals surface area (Å²) in [6.07, 6.45) is 4.67. The average Bonchev–Trinajstić information content (AvgIpc) is 3.04. The van der Waals surface area contributed by atoms with Gasteiger partial charge in [0.2, 0.25) is 5.91 Å². The molecule has 2 aliphatic rings. The molecule has 0 unspecified atom stereocenters. The highest BCUT2D eigenvalue weighted by molar-refractivity contribution is 5.77. The topological polar surface area (TPSA) is 66.1 Å². The number of likely N-dealkylation sites (tertiary alicyclic amines) is 1. The molecule has 5 nitrogen and oxygen atoms in total. The Morgan fingerprint density at radius 2 is 2.15 bits per heavy atom. The minimum Gasteiger partial charge on any atom is -0.342 e. The smallest absolute Gasteiger partial charge is 0.251 e. The van der Waals surface area contributed by atoms with Crippen molar-refractivity contribution >= 4 is 5.91 Å². The maximum absolute atomic E-state index is 12.9. The van der Waals surface area contributed by atoms with Gasteiger partial charge in [0, 0.05) is 31.5 Å². The Balaban J connectivity index is 1.45. The molecule has 136 valence electrons. The number of aryl methyl sites for hydroxylation is 2. The number of benzene rings is 1. The molecule has 1 amide bonds. The molecule has 2 atom stereocenters. The van der Waals surface area contributed by atoms with Crippen LogP contribution in [0, 0.1) is 6.92 Å². The van der Waals surface area contributed by atoms with Crippen molar-refractivity contribution in [2.75, 3.05) is 13.1 Å². The average molecular weight is 351 g/mol. The fourth-order valence-electron chi connectivity index (χ4n) is 4.45. The molecule has 1 aliphatic carbocycles. The summed E-state index contributed by atoms with van der Waals surface area (Å²) in [5.41, 5.74) is 3.44. The number of nitrogens with zero attached hydrogens (tertiary/aromatic N) is 2. The standard InChI is InChI=1S/C21H25N3O2/c1-14-22-19(12-20(25)23-14)17-6-4-10-24(13-17)21(26)11-16-9-8-15-5-2-3-7-18(15)16/h2-3,5,7,12,16-17H,4,6,8-11,13H2,1H3,(H,22,23,25)/t16-,17+/m0/s1. The van der Waals surface area contributed by atoms with Crippen LogP contribution in [0.5, 0.6) is 0 Å². The van der Waals surface area contributed by atoms with Gasteiger partial charge in [-0.2, -0.15) is 0 Å². The number of hydrogen-bond acceptors (Lipinski definition) is 3. The molecular formula is C21H25N3O2. The summed E-state index contributed by atoms with van der Waals surface area (Å²) in [5.74, 6) is 1.38. The van der Waals surface area contributed by atoms with E-state index < -0.39 is 0 Å². The first-order valence-corrected chi connectivity index (χ1v) is 9.53. The summed E-state index contributed by atoms with van der Waals surface area (Å²) in [7, 11) is 0. The lowest BCUT2D eigenvalue weighted by molar-refractivity contribution is -0.132. The molecule has 5 heteroatoms. The summed E-state index contributed by atoms with van der Waals surface area (Å²) >= 11 is 0. The van der Waals surface area contributed by atoms with Crippen LogP contribution in [-0.4, -0.2) is 33.9 Å². The molecule has 1 N–H and O–H groups in total. The third-order valence-corrected chi connectivity index (χ3v) is 5.75. The number of carbonyl (C=O) groups excluding carboxylic acids is 1. The Morgan fingerprint density at radius 3 is 3.00 bits per heavy atom. The molecule has 0 spiro atoms. The van der Waals surface area contributed by atoms with Gasteiger partial charge >= 0.3 is 0 Å². The molecule has 1 saturated heterocycles. The molecule has 26 heavy (non-hydrogen) atoms. The van der Waals surface area contributed by atoms with Crippen molar-refractivity contribution in [3.05, 3.63) is 63.3 Å². The molecule has 1 aromatic carbocycles. The summed E-state index contributed by atoms with van der Waals surface area (Å²) in [6.45, 7) is 3.28. The molecule has 0 saturated carbocycles. The maximum Gasteiger partial charge on any atom is 0.251 e. The van der Waals surface area contributed by atoms with Crippen LogP contribution in [-0.2, 0) is 11.2 Å². The van der Waals surface area contributed by atoms with E-state index in [2.05, 4.69) is 34.2 Å². The van der Waals surface area contributed by atoms with Gasteiger partial charge in [-0.3, -0.25) is 9.59 Å². The Bertz CT molecular complexity index is 874. The minimum absolute atomic E-state index is 0.112. The molecule has 4 rings (SSSR count). The fourth-order valence-corrected chi connectivity index (χ4v) is 4.45. The van der Waals surface area contributed by atoms with Crippen LogP contribution in [0.1, 0.15) is 60.2 Å². The number of aromatic nitrogens is 2. The van der Waals surface area contributed by atoms with Crippen molar-refractivity contribution in [2.24, 2.45) is 0 Å². The third-order valence-electron chi connectivity index (χ3n) is 5.75. The van der Waals surface area contributed by atoms with E-state index in [0.717, 1.165) is 37.9 Å². The van der Waals surface area contributed by atoms with Gasteiger partial charge in [-0.25, -0.2) is 4.98 Å². The van der Waals surface area contributed by atoms with Crippen molar-refractivity contribution < 1.29 is 4.79 Å². The zero-order valence-corrected chi connectivity index (χ0v) is 15.2.